The molecule has 0 radical (unpaired) electrons. The molecule has 29 heavy (non-hydrogen) atoms. The molecule has 152 valence electrons. The highest BCUT2D eigenvalue weighted by molar-refractivity contribution is 5.79. The number of hydrogen-bond acceptors (Lipinski definition) is 2. The Labute approximate surface area is 172 Å². The molecule has 5 nitrogen and oxygen atoms in total. The van der Waals surface area contributed by atoms with Crippen LogP contribution in [0, 0.1) is 13.8 Å². The second-order valence-electron chi connectivity index (χ2n) is 7.85. The van der Waals surface area contributed by atoms with Crippen LogP contribution in [0.2, 0.25) is 0 Å². The molecule has 1 saturated heterocycles. The van der Waals surface area contributed by atoms with Gasteiger partial charge in [-0.05, 0) is 55.0 Å². The monoisotopic (exact) mass is 390 g/mol. The molecule has 0 saturated carbocycles. The van der Waals surface area contributed by atoms with Gasteiger partial charge in [0.1, 0.15) is 0 Å². The zero-order chi connectivity index (χ0) is 20.2. The van der Waals surface area contributed by atoms with Crippen LogP contribution in [-0.4, -0.2) is 48.2 Å². The SMILES string of the molecule is Cc1cccc(N2CCN(C(=O)NCCCn3ccc4ccccc43)CC2)c1C. The van der Waals surface area contributed by atoms with Crippen molar-refractivity contribution < 1.29 is 4.79 Å². The van der Waals surface area contributed by atoms with Crippen molar-refractivity contribution in [2.24, 2.45) is 0 Å². The summed E-state index contributed by atoms with van der Waals surface area (Å²) in [6.45, 7) is 9.23. The highest BCUT2D eigenvalue weighted by Gasteiger charge is 2.22. The predicted octanol–water partition coefficient (Wildman–Crippen LogP) is 4.18. The number of piperazine rings is 1. The van der Waals surface area contributed by atoms with Gasteiger partial charge in [-0.3, -0.25) is 0 Å². The van der Waals surface area contributed by atoms with Crippen molar-refractivity contribution in [1.82, 2.24) is 14.8 Å². The van der Waals surface area contributed by atoms with Crippen LogP contribution in [0.15, 0.2) is 54.7 Å². The number of benzene rings is 2. The average Bonchev–Trinajstić information content (AvgIpc) is 3.16. The molecule has 0 spiro atoms. The number of carbonyl (C=O) groups excluding carboxylic acids is 1. The Balaban J connectivity index is 1.22. The van der Waals surface area contributed by atoms with E-state index in [-0.39, 0.29) is 6.03 Å². The molecule has 0 atom stereocenters. The summed E-state index contributed by atoms with van der Waals surface area (Å²) >= 11 is 0. The first kappa shape index (κ1) is 19.4. The van der Waals surface area contributed by atoms with Crippen LogP contribution in [0.3, 0.4) is 0 Å². The Morgan fingerprint density at radius 2 is 1.76 bits per heavy atom. The van der Waals surface area contributed by atoms with Crippen molar-refractivity contribution in [2.75, 3.05) is 37.6 Å². The van der Waals surface area contributed by atoms with Crippen molar-refractivity contribution in [3.8, 4) is 0 Å². The summed E-state index contributed by atoms with van der Waals surface area (Å²) in [6, 6.07) is 17.1. The molecule has 0 aliphatic carbocycles. The first-order valence-corrected chi connectivity index (χ1v) is 10.5. The number of nitrogens with one attached hydrogen (secondary N) is 1. The Bertz CT molecular complexity index is 985. The van der Waals surface area contributed by atoms with Gasteiger partial charge in [0.25, 0.3) is 0 Å². The number of aryl methyl sites for hydroxylation is 2. The third kappa shape index (κ3) is 4.24. The number of carbonyl (C=O) groups is 1. The zero-order valence-electron chi connectivity index (χ0n) is 17.4. The Morgan fingerprint density at radius 1 is 0.966 bits per heavy atom. The summed E-state index contributed by atoms with van der Waals surface area (Å²) in [7, 11) is 0. The van der Waals surface area contributed by atoms with Crippen molar-refractivity contribution in [3.05, 3.63) is 65.9 Å². The molecule has 1 aliphatic heterocycles. The lowest BCUT2D eigenvalue weighted by atomic mass is 10.1. The summed E-state index contributed by atoms with van der Waals surface area (Å²) in [6.07, 6.45) is 3.05. The van der Waals surface area contributed by atoms with E-state index in [0.717, 1.165) is 39.1 Å². The van der Waals surface area contributed by atoms with Gasteiger partial charge < -0.3 is 19.7 Å². The average molecular weight is 391 g/mol. The van der Waals surface area contributed by atoms with Crippen molar-refractivity contribution in [2.45, 2.75) is 26.8 Å². The van der Waals surface area contributed by atoms with Gasteiger partial charge in [0.2, 0.25) is 0 Å². The van der Waals surface area contributed by atoms with Crippen LogP contribution in [-0.2, 0) is 6.54 Å². The number of urea groups is 1. The molecule has 2 aromatic carbocycles. The summed E-state index contributed by atoms with van der Waals surface area (Å²) in [4.78, 5) is 16.9. The first-order chi connectivity index (χ1) is 14.1. The van der Waals surface area contributed by atoms with Crippen LogP contribution in [0.1, 0.15) is 17.5 Å². The van der Waals surface area contributed by atoms with Crippen molar-refractivity contribution in [1.29, 1.82) is 0 Å². The smallest absolute Gasteiger partial charge is 0.317 e. The van der Waals surface area contributed by atoms with Crippen molar-refractivity contribution in [3.63, 3.8) is 0 Å². The molecular formula is C24H30N4O. The molecular weight excluding hydrogens is 360 g/mol. The van der Waals surface area contributed by atoms with Crippen molar-refractivity contribution >= 4 is 22.6 Å². The van der Waals surface area contributed by atoms with E-state index in [9.17, 15) is 4.79 Å². The molecule has 1 N–H and O–H groups in total. The fourth-order valence-electron chi connectivity index (χ4n) is 4.12. The van der Waals surface area contributed by atoms with E-state index in [4.69, 9.17) is 0 Å². The second-order valence-corrected chi connectivity index (χ2v) is 7.85. The van der Waals surface area contributed by atoms with Crippen LogP contribution < -0.4 is 10.2 Å². The second kappa shape index (κ2) is 8.60. The van der Waals surface area contributed by atoms with Crippen LogP contribution in [0.4, 0.5) is 10.5 Å². The number of hydrogen-bond donors (Lipinski definition) is 1. The minimum absolute atomic E-state index is 0.0583. The first-order valence-electron chi connectivity index (χ1n) is 10.5. The Hall–Kier alpha value is -2.95. The quantitative estimate of drug-likeness (QED) is 0.664. The molecule has 3 aromatic rings. The summed E-state index contributed by atoms with van der Waals surface area (Å²) in [5, 5.41) is 4.36. The van der Waals surface area contributed by atoms with E-state index in [0.29, 0.717) is 6.54 Å². The lowest BCUT2D eigenvalue weighted by Crippen LogP contribution is -2.52. The molecule has 2 heterocycles. The number of para-hydroxylation sites is 1. The van der Waals surface area contributed by atoms with Gasteiger partial charge in [-0.15, -0.1) is 0 Å². The molecule has 4 rings (SSSR count). The molecule has 0 unspecified atom stereocenters. The molecule has 5 heteroatoms. The molecule has 0 bridgehead atoms. The van der Waals surface area contributed by atoms with Crippen LogP contribution in [0.25, 0.3) is 10.9 Å². The summed E-state index contributed by atoms with van der Waals surface area (Å²) in [5.41, 5.74) is 5.20. The topological polar surface area (TPSA) is 40.5 Å². The normalized spacial score (nSPS) is 14.4. The summed E-state index contributed by atoms with van der Waals surface area (Å²) in [5.74, 6) is 0. The largest absolute Gasteiger partial charge is 0.368 e. The van der Waals surface area contributed by atoms with E-state index in [1.54, 1.807) is 0 Å². The summed E-state index contributed by atoms with van der Waals surface area (Å²) < 4.78 is 2.25. The number of amides is 2. The van der Waals surface area contributed by atoms with Gasteiger partial charge in [-0.2, -0.15) is 0 Å². The highest BCUT2D eigenvalue weighted by Crippen LogP contribution is 2.23. The van der Waals surface area contributed by atoms with Crippen LogP contribution >= 0.6 is 0 Å². The number of rotatable bonds is 5. The maximum Gasteiger partial charge on any atom is 0.317 e. The molecule has 2 amide bonds. The minimum Gasteiger partial charge on any atom is -0.368 e. The predicted molar refractivity (Wildman–Crippen MR) is 120 cm³/mol. The Kier molecular flexibility index (Phi) is 5.74. The standard InChI is InChI=1S/C24H30N4O/c1-19-7-5-10-22(20(19)2)27-15-17-28(18-16-27)24(29)25-12-6-13-26-14-11-21-8-3-4-9-23(21)26/h3-5,7-11,14H,6,12-13,15-18H2,1-2H3,(H,25,29). The van der Waals surface area contributed by atoms with Gasteiger partial charge in [-0.1, -0.05) is 30.3 Å². The number of anilines is 1. The van der Waals surface area contributed by atoms with Gasteiger partial charge >= 0.3 is 6.03 Å². The van der Waals surface area contributed by atoms with E-state index in [1.807, 2.05) is 4.90 Å². The van der Waals surface area contributed by atoms with Gasteiger partial charge in [0, 0.05) is 56.7 Å². The number of fused-ring (bicyclic) bond motifs is 1. The van der Waals surface area contributed by atoms with E-state index < -0.39 is 0 Å². The Morgan fingerprint density at radius 3 is 2.59 bits per heavy atom. The number of nitrogens with zero attached hydrogens (tertiary/aromatic N) is 3. The van der Waals surface area contributed by atoms with Gasteiger partial charge in [0.15, 0.2) is 0 Å². The van der Waals surface area contributed by atoms with E-state index >= 15 is 0 Å². The van der Waals surface area contributed by atoms with E-state index in [2.05, 4.69) is 83.4 Å². The van der Waals surface area contributed by atoms with Gasteiger partial charge in [0.05, 0.1) is 0 Å². The fourth-order valence-corrected chi connectivity index (χ4v) is 4.12. The third-order valence-corrected chi connectivity index (χ3v) is 6.02. The lowest BCUT2D eigenvalue weighted by molar-refractivity contribution is 0.194. The van der Waals surface area contributed by atoms with E-state index in [1.165, 1.54) is 27.7 Å². The zero-order valence-corrected chi connectivity index (χ0v) is 17.4. The molecule has 1 fully saturated rings. The third-order valence-electron chi connectivity index (χ3n) is 6.02. The lowest BCUT2D eigenvalue weighted by Gasteiger charge is -2.37. The minimum atomic E-state index is 0.0583. The maximum atomic E-state index is 12.5. The molecule has 1 aliphatic rings. The maximum absolute atomic E-state index is 12.5. The fraction of sp³-hybridized carbons (Fsp3) is 0.375. The highest BCUT2D eigenvalue weighted by atomic mass is 16.2. The number of aromatic nitrogens is 1. The molecule has 1 aromatic heterocycles. The van der Waals surface area contributed by atoms with Gasteiger partial charge in [-0.25, -0.2) is 4.79 Å². The van der Waals surface area contributed by atoms with Crippen LogP contribution in [0.5, 0.6) is 0 Å².